The third-order valence-electron chi connectivity index (χ3n) is 6.15. The van der Waals surface area contributed by atoms with Crippen molar-refractivity contribution >= 4 is 22.1 Å². The zero-order valence-electron chi connectivity index (χ0n) is 19.4. The van der Waals surface area contributed by atoms with Crippen molar-refractivity contribution in [1.82, 2.24) is 4.98 Å². The van der Waals surface area contributed by atoms with E-state index < -0.39 is 0 Å². The highest BCUT2D eigenvalue weighted by Gasteiger charge is 2.21. The van der Waals surface area contributed by atoms with E-state index in [1.54, 1.807) is 0 Å². The minimum absolute atomic E-state index is 0.647. The first-order chi connectivity index (χ1) is 15.4. The van der Waals surface area contributed by atoms with E-state index in [9.17, 15) is 0 Å². The highest BCUT2D eigenvalue weighted by atomic mass is 16.3. The SMILES string of the molecule is Cc1ccc2c(n1)oc1c(-c3ccc(-c4cccc(CC(C)C)c4)c[n+]3C)c(C)ccc12. The molecule has 5 rings (SSSR count). The third kappa shape index (κ3) is 3.58. The number of nitrogens with zero attached hydrogens (tertiary/aromatic N) is 2. The molecule has 0 aliphatic rings. The summed E-state index contributed by atoms with van der Waals surface area (Å²) in [6.45, 7) is 8.66. The number of aryl methyl sites for hydroxylation is 3. The quantitative estimate of drug-likeness (QED) is 0.294. The highest BCUT2D eigenvalue weighted by Crippen LogP contribution is 2.36. The Bertz CT molecular complexity index is 1460. The van der Waals surface area contributed by atoms with E-state index in [0.29, 0.717) is 11.6 Å². The van der Waals surface area contributed by atoms with Gasteiger partial charge in [-0.25, -0.2) is 9.55 Å². The van der Waals surface area contributed by atoms with Gasteiger partial charge in [-0.2, -0.15) is 0 Å². The topological polar surface area (TPSA) is 29.9 Å². The molecule has 0 radical (unpaired) electrons. The minimum Gasteiger partial charge on any atom is -0.437 e. The minimum atomic E-state index is 0.647. The predicted molar refractivity (Wildman–Crippen MR) is 132 cm³/mol. The van der Waals surface area contributed by atoms with Gasteiger partial charge in [-0.05, 0) is 61.1 Å². The Balaban J connectivity index is 1.63. The number of furan rings is 1. The molecule has 0 aliphatic heterocycles. The van der Waals surface area contributed by atoms with Crippen LogP contribution in [0.5, 0.6) is 0 Å². The average Bonchev–Trinajstić information content (AvgIpc) is 3.11. The fraction of sp³-hybridized carbons (Fsp3) is 0.241. The molecule has 0 spiro atoms. The Morgan fingerprint density at radius 2 is 1.72 bits per heavy atom. The van der Waals surface area contributed by atoms with Crippen molar-refractivity contribution in [3.8, 4) is 22.4 Å². The van der Waals surface area contributed by atoms with Crippen molar-refractivity contribution in [2.45, 2.75) is 34.1 Å². The monoisotopic (exact) mass is 421 g/mol. The first kappa shape index (κ1) is 20.4. The van der Waals surface area contributed by atoms with E-state index in [4.69, 9.17) is 4.42 Å². The maximum absolute atomic E-state index is 6.30. The molecule has 3 heterocycles. The van der Waals surface area contributed by atoms with Crippen LogP contribution < -0.4 is 4.57 Å². The molecule has 0 aliphatic carbocycles. The molecular formula is C29H29N2O+. The molecule has 0 atom stereocenters. The van der Waals surface area contributed by atoms with E-state index in [0.717, 1.165) is 39.7 Å². The average molecular weight is 422 g/mol. The number of hydrogen-bond acceptors (Lipinski definition) is 2. The second-order valence-electron chi connectivity index (χ2n) is 9.25. The lowest BCUT2D eigenvalue weighted by Gasteiger charge is -2.09. The predicted octanol–water partition coefficient (Wildman–Crippen LogP) is 6.95. The van der Waals surface area contributed by atoms with Crippen LogP contribution in [-0.2, 0) is 13.5 Å². The second-order valence-corrected chi connectivity index (χ2v) is 9.25. The maximum atomic E-state index is 6.30. The number of aromatic nitrogens is 2. The van der Waals surface area contributed by atoms with Crippen LogP contribution in [0.2, 0.25) is 0 Å². The Kier molecular flexibility index (Phi) is 5.05. The van der Waals surface area contributed by atoms with Gasteiger partial charge in [0.1, 0.15) is 7.05 Å². The largest absolute Gasteiger partial charge is 0.437 e. The first-order valence-electron chi connectivity index (χ1n) is 11.3. The van der Waals surface area contributed by atoms with Gasteiger partial charge in [0.15, 0.2) is 11.8 Å². The van der Waals surface area contributed by atoms with Gasteiger partial charge in [0.05, 0.1) is 5.56 Å². The van der Waals surface area contributed by atoms with Crippen LogP contribution in [0.3, 0.4) is 0 Å². The third-order valence-corrected chi connectivity index (χ3v) is 6.15. The molecule has 0 bridgehead atoms. The summed E-state index contributed by atoms with van der Waals surface area (Å²) in [7, 11) is 2.11. The maximum Gasteiger partial charge on any atom is 0.227 e. The summed E-state index contributed by atoms with van der Waals surface area (Å²) in [6.07, 6.45) is 3.31. The molecular weight excluding hydrogens is 392 g/mol. The van der Waals surface area contributed by atoms with Gasteiger partial charge in [-0.15, -0.1) is 0 Å². The summed E-state index contributed by atoms with van der Waals surface area (Å²) < 4.78 is 8.50. The van der Waals surface area contributed by atoms with Crippen LogP contribution in [0.15, 0.2) is 71.3 Å². The second kappa shape index (κ2) is 7.90. The number of fused-ring (bicyclic) bond motifs is 3. The van der Waals surface area contributed by atoms with Crippen LogP contribution in [0, 0.1) is 19.8 Å². The van der Waals surface area contributed by atoms with Crippen molar-refractivity contribution in [2.24, 2.45) is 13.0 Å². The molecule has 0 saturated heterocycles. The Morgan fingerprint density at radius 3 is 2.50 bits per heavy atom. The van der Waals surface area contributed by atoms with Gasteiger partial charge in [0, 0.05) is 28.1 Å². The molecule has 3 nitrogen and oxygen atoms in total. The van der Waals surface area contributed by atoms with E-state index in [-0.39, 0.29) is 0 Å². The molecule has 0 unspecified atom stereocenters. The molecule has 0 saturated carbocycles. The molecule has 0 N–H and O–H groups in total. The summed E-state index contributed by atoms with van der Waals surface area (Å²) in [5.41, 5.74) is 9.87. The molecule has 3 aromatic heterocycles. The van der Waals surface area contributed by atoms with E-state index in [2.05, 4.69) is 98.2 Å². The molecule has 2 aromatic carbocycles. The van der Waals surface area contributed by atoms with E-state index in [1.165, 1.54) is 22.3 Å². The first-order valence-corrected chi connectivity index (χ1v) is 11.3. The molecule has 3 heteroatoms. The van der Waals surface area contributed by atoms with Gasteiger partial charge < -0.3 is 4.42 Å². The lowest BCUT2D eigenvalue weighted by Crippen LogP contribution is -2.31. The van der Waals surface area contributed by atoms with Gasteiger partial charge in [0.25, 0.3) is 0 Å². The van der Waals surface area contributed by atoms with Gasteiger partial charge in [-0.3, -0.25) is 0 Å². The van der Waals surface area contributed by atoms with Crippen molar-refractivity contribution in [3.63, 3.8) is 0 Å². The van der Waals surface area contributed by atoms with Crippen LogP contribution in [0.4, 0.5) is 0 Å². The Labute approximate surface area is 189 Å². The van der Waals surface area contributed by atoms with E-state index in [1.807, 2.05) is 13.0 Å². The van der Waals surface area contributed by atoms with E-state index >= 15 is 0 Å². The van der Waals surface area contributed by atoms with Crippen molar-refractivity contribution in [1.29, 1.82) is 0 Å². The highest BCUT2D eigenvalue weighted by molar-refractivity contribution is 6.08. The number of benzene rings is 2. The molecule has 160 valence electrons. The summed E-state index contributed by atoms with van der Waals surface area (Å²) in [5, 5.41) is 2.17. The van der Waals surface area contributed by atoms with Crippen LogP contribution in [-0.4, -0.2) is 4.98 Å². The van der Waals surface area contributed by atoms with Gasteiger partial charge in [0.2, 0.25) is 11.4 Å². The van der Waals surface area contributed by atoms with Crippen LogP contribution in [0.1, 0.15) is 30.7 Å². The fourth-order valence-electron chi connectivity index (χ4n) is 4.62. The van der Waals surface area contributed by atoms with Crippen LogP contribution in [0.25, 0.3) is 44.5 Å². The number of rotatable bonds is 4. The summed E-state index contributed by atoms with van der Waals surface area (Å²) in [6, 6.07) is 21.8. The summed E-state index contributed by atoms with van der Waals surface area (Å²) in [4.78, 5) is 4.61. The van der Waals surface area contributed by atoms with Crippen molar-refractivity contribution in [3.05, 3.63) is 83.7 Å². The van der Waals surface area contributed by atoms with Gasteiger partial charge in [-0.1, -0.05) is 50.2 Å². The molecule has 32 heavy (non-hydrogen) atoms. The smallest absolute Gasteiger partial charge is 0.227 e. The number of hydrogen-bond donors (Lipinski definition) is 0. The van der Waals surface area contributed by atoms with Crippen molar-refractivity contribution in [2.75, 3.05) is 0 Å². The zero-order valence-corrected chi connectivity index (χ0v) is 19.4. The lowest BCUT2D eigenvalue weighted by atomic mass is 9.97. The Morgan fingerprint density at radius 1 is 0.906 bits per heavy atom. The normalized spacial score (nSPS) is 11.7. The lowest BCUT2D eigenvalue weighted by molar-refractivity contribution is -0.659. The van der Waals surface area contributed by atoms with Crippen LogP contribution >= 0.6 is 0 Å². The molecule has 0 amide bonds. The zero-order chi connectivity index (χ0) is 22.4. The standard InChI is InChI=1S/C29H29N2O/c1-18(2)15-21-7-6-8-22(16-21)23-11-14-26(31(5)17-23)27-19(3)9-12-24-25-13-10-20(4)30-29(25)32-28(24)27/h6-14,16-18H,15H2,1-5H3/q+1. The van der Waals surface area contributed by atoms with Crippen molar-refractivity contribution < 1.29 is 8.98 Å². The number of pyridine rings is 2. The molecule has 0 fully saturated rings. The van der Waals surface area contributed by atoms with Gasteiger partial charge >= 0.3 is 0 Å². The summed E-state index contributed by atoms with van der Waals surface area (Å²) >= 11 is 0. The summed E-state index contributed by atoms with van der Waals surface area (Å²) in [5.74, 6) is 0.647. The fourth-order valence-corrected chi connectivity index (χ4v) is 4.62. The molecule has 5 aromatic rings. The Hall–Kier alpha value is -3.46.